The van der Waals surface area contributed by atoms with Gasteiger partial charge in [-0.2, -0.15) is 0 Å². The fraction of sp³-hybridized carbons (Fsp3) is 0.462. The van der Waals surface area contributed by atoms with Gasteiger partial charge in [-0.05, 0) is 74.1 Å². The van der Waals surface area contributed by atoms with E-state index in [-0.39, 0.29) is 23.3 Å². The minimum atomic E-state index is -0.715. The van der Waals surface area contributed by atoms with Gasteiger partial charge < -0.3 is 20.3 Å². The summed E-state index contributed by atoms with van der Waals surface area (Å²) < 4.78 is 5.15. The van der Waals surface area contributed by atoms with Gasteiger partial charge in [-0.15, -0.1) is 0 Å². The number of fused-ring (bicyclic) bond motifs is 1. The summed E-state index contributed by atoms with van der Waals surface area (Å²) in [6.07, 6.45) is 0.829. The molecule has 0 fully saturated rings. The van der Waals surface area contributed by atoms with Crippen LogP contribution in [0.2, 0.25) is 0 Å². The molecule has 0 saturated heterocycles. The largest absolute Gasteiger partial charge is 0.462 e. The second kappa shape index (κ2) is 8.85. The lowest BCUT2D eigenvalue weighted by Gasteiger charge is -2.41. The van der Waals surface area contributed by atoms with E-state index < -0.39 is 5.54 Å². The molecule has 0 spiro atoms. The average Bonchev–Trinajstić information content (AvgIpc) is 2.71. The van der Waals surface area contributed by atoms with E-state index in [2.05, 4.69) is 36.6 Å². The van der Waals surface area contributed by atoms with E-state index in [0.29, 0.717) is 12.2 Å². The van der Waals surface area contributed by atoms with Gasteiger partial charge in [-0.3, -0.25) is 4.79 Å². The van der Waals surface area contributed by atoms with Crippen molar-refractivity contribution in [2.45, 2.75) is 52.6 Å². The van der Waals surface area contributed by atoms with Gasteiger partial charge in [0.25, 0.3) is 0 Å². The van der Waals surface area contributed by atoms with Crippen molar-refractivity contribution >= 4 is 23.3 Å². The second-order valence-corrected chi connectivity index (χ2v) is 9.91. The Balaban J connectivity index is 1.87. The van der Waals surface area contributed by atoms with E-state index in [0.717, 1.165) is 28.9 Å². The number of amides is 1. The predicted molar refractivity (Wildman–Crippen MR) is 129 cm³/mol. The van der Waals surface area contributed by atoms with Crippen LogP contribution in [0.15, 0.2) is 42.5 Å². The van der Waals surface area contributed by atoms with Gasteiger partial charge in [0.2, 0.25) is 5.91 Å². The van der Waals surface area contributed by atoms with Gasteiger partial charge in [-0.25, -0.2) is 4.79 Å². The van der Waals surface area contributed by atoms with Crippen molar-refractivity contribution in [3.8, 4) is 0 Å². The van der Waals surface area contributed by atoms with Crippen molar-refractivity contribution < 1.29 is 14.3 Å². The normalized spacial score (nSPS) is 17.0. The number of hydrogen-bond donors (Lipinski definition) is 2. The number of carbonyl (C=O) groups excluding carboxylic acids is 2. The molecule has 0 saturated carbocycles. The third kappa shape index (κ3) is 4.90. The third-order valence-corrected chi connectivity index (χ3v) is 5.96. The molecule has 6 nitrogen and oxygen atoms in total. The lowest BCUT2D eigenvalue weighted by molar-refractivity contribution is -0.132. The van der Waals surface area contributed by atoms with Gasteiger partial charge in [0, 0.05) is 25.5 Å². The van der Waals surface area contributed by atoms with E-state index in [1.54, 1.807) is 19.0 Å². The molecular formula is C26H35N3O3. The zero-order valence-electron chi connectivity index (χ0n) is 20.2. The molecule has 0 aromatic heterocycles. The van der Waals surface area contributed by atoms with Crippen molar-refractivity contribution in [1.82, 2.24) is 4.90 Å². The van der Waals surface area contributed by atoms with Crippen LogP contribution in [0.4, 0.5) is 11.4 Å². The molecule has 1 aliphatic rings. The highest BCUT2D eigenvalue weighted by molar-refractivity contribution is 5.90. The maximum atomic E-state index is 12.5. The molecule has 0 radical (unpaired) electrons. The lowest BCUT2D eigenvalue weighted by atomic mass is 9.72. The maximum Gasteiger partial charge on any atom is 0.338 e. The van der Waals surface area contributed by atoms with Gasteiger partial charge in [-0.1, -0.05) is 26.0 Å². The fourth-order valence-electron chi connectivity index (χ4n) is 4.47. The molecule has 1 heterocycles. The van der Waals surface area contributed by atoms with Gasteiger partial charge in [0.15, 0.2) is 0 Å². The monoisotopic (exact) mass is 437 g/mol. The van der Waals surface area contributed by atoms with E-state index in [4.69, 9.17) is 4.74 Å². The summed E-state index contributed by atoms with van der Waals surface area (Å²) in [5.74, 6) is -0.269. The first kappa shape index (κ1) is 23.6. The van der Waals surface area contributed by atoms with Gasteiger partial charge in [0.1, 0.15) is 5.54 Å². The van der Waals surface area contributed by atoms with Crippen molar-refractivity contribution in [3.63, 3.8) is 0 Å². The Kier molecular flexibility index (Phi) is 6.54. The Bertz CT molecular complexity index is 1010. The fourth-order valence-corrected chi connectivity index (χ4v) is 4.47. The number of hydrogen-bond acceptors (Lipinski definition) is 5. The number of nitrogens with one attached hydrogen (secondary N) is 2. The highest BCUT2D eigenvalue weighted by Crippen LogP contribution is 2.45. The third-order valence-electron chi connectivity index (χ3n) is 5.96. The summed E-state index contributed by atoms with van der Waals surface area (Å²) in [6.45, 7) is 10.4. The smallest absolute Gasteiger partial charge is 0.338 e. The SMILES string of the molecule is CCOC(=O)c1ccc2c(c1)CC(C)(C)C(c1cccc(NC(C)(C)C(=O)N(C)C)c1)N2. The van der Waals surface area contributed by atoms with E-state index in [1.165, 1.54) is 0 Å². The Morgan fingerprint density at radius 1 is 1.19 bits per heavy atom. The van der Waals surface area contributed by atoms with E-state index in [9.17, 15) is 9.59 Å². The topological polar surface area (TPSA) is 70.7 Å². The summed E-state index contributed by atoms with van der Waals surface area (Å²) in [5, 5.41) is 7.06. The van der Waals surface area contributed by atoms with Gasteiger partial charge >= 0.3 is 5.97 Å². The number of ether oxygens (including phenoxy) is 1. The standard InChI is InChI=1S/C26H35N3O3/c1-8-32-23(30)18-12-13-21-19(14-18)16-25(2,3)22(27-21)17-10-9-11-20(15-17)28-26(4,5)24(31)29(6)7/h9-15,22,27-28H,8,16H2,1-7H3. The minimum Gasteiger partial charge on any atom is -0.462 e. The second-order valence-electron chi connectivity index (χ2n) is 9.91. The molecule has 172 valence electrons. The van der Waals surface area contributed by atoms with Crippen molar-refractivity contribution in [2.24, 2.45) is 5.41 Å². The molecule has 32 heavy (non-hydrogen) atoms. The minimum absolute atomic E-state index is 0.0188. The molecule has 0 bridgehead atoms. The van der Waals surface area contributed by atoms with Crippen molar-refractivity contribution in [3.05, 3.63) is 59.2 Å². The zero-order chi connectivity index (χ0) is 23.7. The summed E-state index contributed by atoms with van der Waals surface area (Å²) in [7, 11) is 3.53. The number of esters is 1. The van der Waals surface area contributed by atoms with Crippen LogP contribution in [0.3, 0.4) is 0 Å². The Hall–Kier alpha value is -3.02. The molecule has 1 unspecified atom stereocenters. The molecule has 1 aliphatic heterocycles. The molecule has 1 amide bonds. The number of carbonyl (C=O) groups is 2. The van der Waals surface area contributed by atoms with E-state index >= 15 is 0 Å². The van der Waals surface area contributed by atoms with Crippen LogP contribution in [-0.4, -0.2) is 43.0 Å². The van der Waals surface area contributed by atoms with Crippen LogP contribution < -0.4 is 10.6 Å². The lowest BCUT2D eigenvalue weighted by Crippen LogP contribution is -2.47. The summed E-state index contributed by atoms with van der Waals surface area (Å²) in [5.41, 5.74) is 3.98. The maximum absolute atomic E-state index is 12.5. The van der Waals surface area contributed by atoms with Crippen molar-refractivity contribution in [1.29, 1.82) is 0 Å². The quantitative estimate of drug-likeness (QED) is 0.631. The van der Waals surface area contributed by atoms with Gasteiger partial charge in [0.05, 0.1) is 18.2 Å². The Labute approximate surface area is 191 Å². The zero-order valence-corrected chi connectivity index (χ0v) is 20.2. The Morgan fingerprint density at radius 2 is 1.91 bits per heavy atom. The number of likely N-dealkylation sites (N-methyl/N-ethyl adjacent to an activating group) is 1. The van der Waals surface area contributed by atoms with Crippen LogP contribution >= 0.6 is 0 Å². The molecule has 0 aliphatic carbocycles. The van der Waals surface area contributed by atoms with Crippen molar-refractivity contribution in [2.75, 3.05) is 31.3 Å². The summed E-state index contributed by atoms with van der Waals surface area (Å²) in [6, 6.07) is 14.0. The summed E-state index contributed by atoms with van der Waals surface area (Å²) in [4.78, 5) is 26.3. The molecule has 6 heteroatoms. The highest BCUT2D eigenvalue weighted by atomic mass is 16.5. The highest BCUT2D eigenvalue weighted by Gasteiger charge is 2.36. The molecule has 2 aromatic rings. The molecule has 3 rings (SSSR count). The first-order valence-corrected chi connectivity index (χ1v) is 11.1. The number of nitrogens with zero attached hydrogens (tertiary/aromatic N) is 1. The number of anilines is 2. The van der Waals surface area contributed by atoms with Crippen LogP contribution in [-0.2, 0) is 16.0 Å². The molecule has 1 atom stereocenters. The predicted octanol–water partition coefficient (Wildman–Crippen LogP) is 4.88. The number of benzene rings is 2. The first-order chi connectivity index (χ1) is 14.9. The average molecular weight is 438 g/mol. The Morgan fingerprint density at radius 3 is 2.56 bits per heavy atom. The van der Waals surface area contributed by atoms with Crippen LogP contribution in [0.1, 0.15) is 62.1 Å². The first-order valence-electron chi connectivity index (χ1n) is 11.1. The summed E-state index contributed by atoms with van der Waals surface area (Å²) >= 11 is 0. The van der Waals surface area contributed by atoms with Crippen LogP contribution in [0, 0.1) is 5.41 Å². The molecular weight excluding hydrogens is 402 g/mol. The van der Waals surface area contributed by atoms with Crippen LogP contribution in [0.25, 0.3) is 0 Å². The number of rotatable bonds is 6. The molecule has 2 aromatic carbocycles. The van der Waals surface area contributed by atoms with Crippen LogP contribution in [0.5, 0.6) is 0 Å². The van der Waals surface area contributed by atoms with E-state index in [1.807, 2.05) is 51.1 Å². The molecule has 2 N–H and O–H groups in total.